The molecule has 1 saturated heterocycles. The molecule has 0 spiro atoms. The number of rotatable bonds is 22. The monoisotopic (exact) mass is 2110 g/mol. The van der Waals surface area contributed by atoms with Crippen molar-refractivity contribution in [1.82, 2.24) is 10.6 Å². The predicted molar refractivity (Wildman–Crippen MR) is 566 cm³/mol. The van der Waals surface area contributed by atoms with Crippen LogP contribution in [0.5, 0.6) is 0 Å². The van der Waals surface area contributed by atoms with Gasteiger partial charge in [-0.15, -0.1) is 24.8 Å². The zero-order valence-electron chi connectivity index (χ0n) is 82.2. The van der Waals surface area contributed by atoms with Gasteiger partial charge in [0, 0.05) is 75.2 Å². The van der Waals surface area contributed by atoms with Gasteiger partial charge in [-0.25, -0.2) is 19.2 Å². The molecule has 2 amide bonds. The second-order valence-corrected chi connectivity index (χ2v) is 40.0. The van der Waals surface area contributed by atoms with Gasteiger partial charge in [0.05, 0.1) is 49.1 Å². The summed E-state index contributed by atoms with van der Waals surface area (Å²) in [6.07, 6.45) is 27.8. The van der Waals surface area contributed by atoms with E-state index in [0.29, 0.717) is 82.6 Å². The van der Waals surface area contributed by atoms with Crippen molar-refractivity contribution in [3.05, 3.63) is 209 Å². The van der Waals surface area contributed by atoms with E-state index in [1.165, 1.54) is 128 Å². The molecule has 27 heteroatoms. The number of halogens is 4. The van der Waals surface area contributed by atoms with Crippen LogP contribution in [0.4, 0.5) is 19.2 Å². The number of nitrogens with one attached hydrogen (secondary N) is 2. The highest BCUT2D eigenvalue weighted by Gasteiger charge is 2.26. The van der Waals surface area contributed by atoms with Gasteiger partial charge >= 0.3 is 24.5 Å². The fourth-order valence-electron chi connectivity index (χ4n) is 13.9. The zero-order valence-corrected chi connectivity index (χ0v) is 87.8. The molecule has 15 N–H and O–H groups in total. The number of alkyl carbamates (subject to hydrolysis) is 2. The second-order valence-electron chi connectivity index (χ2n) is 37.3. The number of carbonyl (C=O) groups excluding carboxylic acids is 4. The third kappa shape index (κ3) is 67.2. The standard InChI is InChI=1S/C21H29NO3.C16H25NO.C16H21NO.C14H20BrNO3.C10H18O5.C9H12BrNO.C9H8BrNO.C7H10.C4H8O.C2H6O.2CH4.ClH/c1-21(2,3)25-20(24)22-14-13-19(23)18-10-6-9-17(15-18)12-11-16-7-4-5-8-16;2*17-11-10-16(18)15-7-3-6-14(12-15)9-8-13-4-1-2-5-13;1-14(2,3)19-13(18)16-8-7-12(17)10-5-4-6-11(15)9-10;1-9(2,3)14-7(11)13-8(12)15-10(4,5)6;2*10-8-3-1-2-7(6-8)9(12)4-5-11;1-2-7-5-3-4-6-7;1-2-4-5-3-1;1-2-3;;;/h6,9-10,15-16,19,23H,4-5,7-8,13-14H2,1-3H3,(H,22,24);3,6-7,12-13,16,18H,1-2,4-5,8-11,17H2;3,6-7,12-13,16,18H,1-2,4-5,10-11,17H2;4-6,9,12,17H,7-8H2,1-3H3,(H,16,18);1-6H3;1-3,6,9,12H,4-5,11H2;1-3,6,9,12H,4H2;1,7H,3-6H2;1-4H2;3H,2H2,1H3;2*1H4;1H. The quantitative estimate of drug-likeness (QED) is 0.0130. The van der Waals surface area contributed by atoms with Crippen LogP contribution >= 0.6 is 60.2 Å². The molecule has 6 aromatic carbocycles. The fourth-order valence-corrected chi connectivity index (χ4v) is 15.2. The molecule has 6 unspecified atom stereocenters. The summed E-state index contributed by atoms with van der Waals surface area (Å²) >= 11 is 9.98. The summed E-state index contributed by atoms with van der Waals surface area (Å²) in [7, 11) is 0. The van der Waals surface area contributed by atoms with E-state index in [9.17, 15) is 49.8 Å². The number of amides is 2. The Morgan fingerprint density at radius 3 is 1.04 bits per heavy atom. The first-order chi connectivity index (χ1) is 63.5. The summed E-state index contributed by atoms with van der Waals surface area (Å²) in [4.78, 5) is 45.0. The lowest BCUT2D eigenvalue weighted by molar-refractivity contribution is -0.0295. The lowest BCUT2D eigenvalue weighted by atomic mass is 9.96. The Morgan fingerprint density at radius 2 is 0.745 bits per heavy atom. The van der Waals surface area contributed by atoms with Crippen molar-refractivity contribution in [1.29, 1.82) is 5.26 Å². The molecule has 6 atom stereocenters. The van der Waals surface area contributed by atoms with E-state index in [2.05, 4.69) is 111 Å². The average Bonchev–Trinajstić information content (AvgIpc) is 1.76. The Labute approximate surface area is 853 Å². The first-order valence-corrected chi connectivity index (χ1v) is 49.8. The number of hydrogen-bond donors (Lipinski definition) is 12. The third-order valence-corrected chi connectivity index (χ3v) is 22.1. The van der Waals surface area contributed by atoms with E-state index in [0.717, 1.165) is 83.5 Å². The molecule has 4 saturated carbocycles. The molecule has 137 heavy (non-hydrogen) atoms. The van der Waals surface area contributed by atoms with Gasteiger partial charge in [0.2, 0.25) is 0 Å². The number of aliphatic hydroxyl groups excluding tert-OH is 7. The minimum absolute atomic E-state index is 0. The van der Waals surface area contributed by atoms with Crippen LogP contribution in [-0.4, -0.2) is 135 Å². The molecule has 5 aliphatic rings. The van der Waals surface area contributed by atoms with Crippen LogP contribution in [0, 0.1) is 71.0 Å². The van der Waals surface area contributed by atoms with Gasteiger partial charge in [0.15, 0.2) is 0 Å². The maximum absolute atomic E-state index is 11.6. The van der Waals surface area contributed by atoms with Crippen LogP contribution in [0.25, 0.3) is 0 Å². The molecule has 6 aromatic rings. The van der Waals surface area contributed by atoms with Gasteiger partial charge < -0.3 is 92.0 Å². The van der Waals surface area contributed by atoms with Crippen LogP contribution in [0.15, 0.2) is 159 Å². The van der Waals surface area contributed by atoms with E-state index in [4.69, 9.17) is 57.7 Å². The van der Waals surface area contributed by atoms with Crippen molar-refractivity contribution >= 4 is 84.7 Å². The number of nitrogens with two attached hydrogens (primary N) is 3. The highest BCUT2D eigenvalue weighted by molar-refractivity contribution is 9.11. The zero-order chi connectivity index (χ0) is 99.9. The Kier molecular flexibility index (Phi) is 71.7. The number of terminal acetylenes is 1. The highest BCUT2D eigenvalue weighted by Crippen LogP contribution is 2.32. The van der Waals surface area contributed by atoms with Gasteiger partial charge in [-0.1, -0.05) is 235 Å². The number of ether oxygens (including phenoxy) is 6. The van der Waals surface area contributed by atoms with E-state index < -0.39 is 83.5 Å². The Bertz CT molecular complexity index is 4440. The number of benzene rings is 6. The van der Waals surface area contributed by atoms with Crippen molar-refractivity contribution in [2.75, 3.05) is 52.5 Å². The average molecular weight is 2120 g/mol. The number of aryl methyl sites for hydroxylation is 1. The molecule has 766 valence electrons. The molecule has 1 aliphatic heterocycles. The molecule has 4 aliphatic carbocycles. The Hall–Kier alpha value is -7.94. The van der Waals surface area contributed by atoms with Crippen molar-refractivity contribution in [3.8, 4) is 42.1 Å². The summed E-state index contributed by atoms with van der Waals surface area (Å²) in [5.74, 6) is 18.6. The first-order valence-electron chi connectivity index (χ1n) is 47.4. The first kappa shape index (κ1) is 131. The van der Waals surface area contributed by atoms with Crippen LogP contribution < -0.4 is 27.8 Å². The van der Waals surface area contributed by atoms with Gasteiger partial charge in [-0.2, -0.15) is 5.26 Å². The minimum atomic E-state index is -1.06. The number of nitrogens with zero attached hydrogens (tertiary/aromatic N) is 1. The van der Waals surface area contributed by atoms with E-state index in [1.807, 2.05) is 169 Å². The van der Waals surface area contributed by atoms with Crippen molar-refractivity contribution in [3.63, 3.8) is 0 Å². The third-order valence-electron chi connectivity index (χ3n) is 20.6. The lowest BCUT2D eigenvalue weighted by Gasteiger charge is -2.20. The molecular formula is C110H166Br3ClN6O17. The fraction of sp³-hybridized carbons (Fsp3) is 0.573. The van der Waals surface area contributed by atoms with Crippen molar-refractivity contribution < 1.29 is 83.3 Å². The molecule has 5 fully saturated rings. The molecule has 0 bridgehead atoms. The summed E-state index contributed by atoms with van der Waals surface area (Å²) in [5.41, 5.74) is 22.4. The molecule has 11 rings (SSSR count). The SMILES string of the molecule is C.C.C#CC1CCCC1.C1CCOC1.CC(C)(C)OC(=O)NCCC(O)c1cccc(Br)c1.CC(C)(C)OC(=O)NCCC(O)c1cccc(C#CC2CCCC2)c1.CC(C)(C)OC(=O)OC(=O)OC(C)(C)C.CCO.Cl.N#CCC(O)c1cccc(Br)c1.NCCC(O)c1cccc(Br)c1.NCCC(O)c1cccc(C#CC2CCCC2)c1.NCCC(O)c1cccc(CCC2CCCC2)c1. The topological polar surface area (TPSA) is 391 Å². The second kappa shape index (κ2) is 75.0. The largest absolute Gasteiger partial charge is 0.519 e. The molecule has 0 radical (unpaired) electrons. The minimum Gasteiger partial charge on any atom is -0.444 e. The van der Waals surface area contributed by atoms with E-state index in [-0.39, 0.29) is 40.3 Å². The normalized spacial score (nSPS) is 15.0. The smallest absolute Gasteiger partial charge is 0.444 e. The lowest BCUT2D eigenvalue weighted by Crippen LogP contribution is -2.33. The number of carbonyl (C=O) groups is 4. The summed E-state index contributed by atoms with van der Waals surface area (Å²) in [6.45, 7) is 27.1. The van der Waals surface area contributed by atoms with E-state index >= 15 is 0 Å². The van der Waals surface area contributed by atoms with Gasteiger partial charge in [0.1, 0.15) is 22.4 Å². The number of nitriles is 1. The van der Waals surface area contributed by atoms with Crippen molar-refractivity contribution in [2.45, 2.75) is 331 Å². The molecule has 1 heterocycles. The Balaban J connectivity index is 0. The van der Waals surface area contributed by atoms with Gasteiger partial charge in [-0.05, 0) is 311 Å². The van der Waals surface area contributed by atoms with Crippen LogP contribution in [0.1, 0.15) is 352 Å². The maximum atomic E-state index is 11.6. The predicted octanol–water partition coefficient (Wildman–Crippen LogP) is 24.8. The number of aliphatic hydroxyl groups is 7. The Morgan fingerprint density at radius 1 is 0.445 bits per heavy atom. The molecule has 0 aromatic heterocycles. The van der Waals surface area contributed by atoms with Crippen LogP contribution in [0.2, 0.25) is 0 Å². The summed E-state index contributed by atoms with van der Waals surface area (Å²) in [6, 6.07) is 48.3. The van der Waals surface area contributed by atoms with Crippen molar-refractivity contribution in [2.24, 2.45) is 40.9 Å². The maximum Gasteiger partial charge on any atom is 0.519 e. The van der Waals surface area contributed by atoms with Gasteiger partial charge in [-0.3, -0.25) is 0 Å². The highest BCUT2D eigenvalue weighted by atomic mass is 79.9. The van der Waals surface area contributed by atoms with Crippen LogP contribution in [-0.2, 0) is 34.8 Å². The van der Waals surface area contributed by atoms with Crippen LogP contribution in [0.3, 0.4) is 0 Å². The van der Waals surface area contributed by atoms with E-state index in [1.54, 1.807) is 54.5 Å². The summed E-state index contributed by atoms with van der Waals surface area (Å²) < 4.78 is 31.8. The molecular weight excluding hydrogens is 1950 g/mol. The summed E-state index contributed by atoms with van der Waals surface area (Å²) in [5, 5.41) is 80.3. The molecule has 23 nitrogen and oxygen atoms in total. The van der Waals surface area contributed by atoms with Gasteiger partial charge in [0.25, 0.3) is 0 Å². The number of hydrogen-bond acceptors (Lipinski definition) is 21.